The number of rotatable bonds is 5. The smallest absolute Gasteiger partial charge is 0.110 e. The van der Waals surface area contributed by atoms with E-state index in [2.05, 4.69) is 9.82 Å². The van der Waals surface area contributed by atoms with Gasteiger partial charge in [-0.1, -0.05) is 6.07 Å². The van der Waals surface area contributed by atoms with Crippen molar-refractivity contribution in [1.82, 2.24) is 4.98 Å². The van der Waals surface area contributed by atoms with Gasteiger partial charge in [0, 0.05) is 6.61 Å². The van der Waals surface area contributed by atoms with Crippen molar-refractivity contribution in [2.45, 2.75) is 20.1 Å². The van der Waals surface area contributed by atoms with E-state index in [9.17, 15) is 0 Å². The lowest BCUT2D eigenvalue weighted by atomic mass is 10.3. The van der Waals surface area contributed by atoms with Crippen molar-refractivity contribution in [3.63, 3.8) is 0 Å². The molecule has 2 N–H and O–H groups in total. The van der Waals surface area contributed by atoms with Crippen molar-refractivity contribution in [2.24, 2.45) is 5.90 Å². The van der Waals surface area contributed by atoms with Crippen LogP contribution in [-0.2, 0) is 22.8 Å². The van der Waals surface area contributed by atoms with Gasteiger partial charge in [-0.15, -0.1) is 0 Å². The zero-order chi connectivity index (χ0) is 9.52. The van der Waals surface area contributed by atoms with Gasteiger partial charge in [-0.25, -0.2) is 5.90 Å². The average molecular weight is 182 g/mol. The van der Waals surface area contributed by atoms with Crippen LogP contribution >= 0.6 is 0 Å². The van der Waals surface area contributed by atoms with Crippen molar-refractivity contribution >= 4 is 0 Å². The summed E-state index contributed by atoms with van der Waals surface area (Å²) in [6, 6.07) is 5.69. The van der Waals surface area contributed by atoms with Crippen molar-refractivity contribution in [2.75, 3.05) is 6.61 Å². The largest absolute Gasteiger partial charge is 0.375 e. The molecule has 4 nitrogen and oxygen atoms in total. The second kappa shape index (κ2) is 5.64. The van der Waals surface area contributed by atoms with Crippen molar-refractivity contribution in [3.8, 4) is 0 Å². The average Bonchev–Trinajstić information content (AvgIpc) is 2.16. The first-order valence-electron chi connectivity index (χ1n) is 4.21. The monoisotopic (exact) mass is 182 g/mol. The summed E-state index contributed by atoms with van der Waals surface area (Å²) in [5, 5.41) is 0. The summed E-state index contributed by atoms with van der Waals surface area (Å²) in [5.74, 6) is 4.94. The van der Waals surface area contributed by atoms with Crippen LogP contribution in [0.3, 0.4) is 0 Å². The Morgan fingerprint density at radius 3 is 2.62 bits per heavy atom. The number of hydrogen-bond acceptors (Lipinski definition) is 4. The van der Waals surface area contributed by atoms with E-state index >= 15 is 0 Å². The maximum Gasteiger partial charge on any atom is 0.110 e. The highest BCUT2D eigenvalue weighted by molar-refractivity contribution is 5.09. The molecule has 1 heterocycles. The van der Waals surface area contributed by atoms with E-state index < -0.39 is 0 Å². The summed E-state index contributed by atoms with van der Waals surface area (Å²) in [7, 11) is 0. The van der Waals surface area contributed by atoms with Crippen LogP contribution in [0.2, 0.25) is 0 Å². The van der Waals surface area contributed by atoms with E-state index in [1.54, 1.807) is 0 Å². The number of aromatic nitrogens is 1. The molecule has 0 atom stereocenters. The van der Waals surface area contributed by atoms with Gasteiger partial charge >= 0.3 is 0 Å². The number of nitrogens with zero attached hydrogens (tertiary/aromatic N) is 1. The van der Waals surface area contributed by atoms with E-state index in [-0.39, 0.29) is 0 Å². The summed E-state index contributed by atoms with van der Waals surface area (Å²) >= 11 is 0. The molecule has 1 aromatic rings. The van der Waals surface area contributed by atoms with E-state index in [0.717, 1.165) is 11.4 Å². The van der Waals surface area contributed by atoms with E-state index in [4.69, 9.17) is 10.6 Å². The Morgan fingerprint density at radius 1 is 1.31 bits per heavy atom. The highest BCUT2D eigenvalue weighted by Crippen LogP contribution is 2.01. The van der Waals surface area contributed by atoms with E-state index in [1.165, 1.54) is 0 Å². The molecule has 0 amide bonds. The fourth-order valence-electron chi connectivity index (χ4n) is 0.982. The van der Waals surface area contributed by atoms with Crippen LogP contribution < -0.4 is 5.90 Å². The predicted octanol–water partition coefficient (Wildman–Crippen LogP) is 1.01. The molecule has 72 valence electrons. The predicted molar refractivity (Wildman–Crippen MR) is 48.5 cm³/mol. The third-order valence-electron chi connectivity index (χ3n) is 1.55. The third kappa shape index (κ3) is 3.50. The molecule has 0 aliphatic rings. The maximum absolute atomic E-state index is 5.22. The fourth-order valence-corrected chi connectivity index (χ4v) is 0.982. The van der Waals surface area contributed by atoms with Gasteiger partial charge in [-0.2, -0.15) is 0 Å². The molecule has 0 saturated carbocycles. The zero-order valence-corrected chi connectivity index (χ0v) is 7.69. The molecule has 0 unspecified atom stereocenters. The summed E-state index contributed by atoms with van der Waals surface area (Å²) in [6.45, 7) is 3.51. The highest BCUT2D eigenvalue weighted by atomic mass is 16.6. The summed E-state index contributed by atoms with van der Waals surface area (Å²) in [4.78, 5) is 8.75. The van der Waals surface area contributed by atoms with Gasteiger partial charge in [0.15, 0.2) is 0 Å². The molecule has 13 heavy (non-hydrogen) atoms. The topological polar surface area (TPSA) is 57.4 Å². The fraction of sp³-hybridized carbons (Fsp3) is 0.444. The third-order valence-corrected chi connectivity index (χ3v) is 1.55. The van der Waals surface area contributed by atoms with E-state index in [0.29, 0.717) is 19.8 Å². The van der Waals surface area contributed by atoms with Crippen LogP contribution in [0, 0.1) is 0 Å². The Kier molecular flexibility index (Phi) is 4.39. The molecular formula is C9H14N2O2. The summed E-state index contributed by atoms with van der Waals surface area (Å²) in [6.07, 6.45) is 0. The molecular weight excluding hydrogens is 168 g/mol. The molecule has 1 aromatic heterocycles. The standard InChI is InChI=1S/C9H14N2O2/c1-2-12-6-8-4-3-5-9(11-8)7-13-10/h3-5H,2,6-7,10H2,1H3. The molecule has 0 bridgehead atoms. The van der Waals surface area contributed by atoms with Gasteiger partial charge in [0.25, 0.3) is 0 Å². The molecule has 0 fully saturated rings. The molecule has 0 aromatic carbocycles. The Hall–Kier alpha value is -0.970. The summed E-state index contributed by atoms with van der Waals surface area (Å²) < 4.78 is 5.22. The van der Waals surface area contributed by atoms with Crippen LogP contribution in [0.15, 0.2) is 18.2 Å². The first kappa shape index (κ1) is 10.1. The first-order valence-corrected chi connectivity index (χ1v) is 4.21. The Labute approximate surface area is 77.6 Å². The van der Waals surface area contributed by atoms with E-state index in [1.807, 2.05) is 25.1 Å². The van der Waals surface area contributed by atoms with Crippen LogP contribution in [0.4, 0.5) is 0 Å². The second-order valence-corrected chi connectivity index (χ2v) is 2.57. The lowest BCUT2D eigenvalue weighted by Crippen LogP contribution is -2.03. The SMILES string of the molecule is CCOCc1cccc(CON)n1. The van der Waals surface area contributed by atoms with Gasteiger partial charge in [0.2, 0.25) is 0 Å². The maximum atomic E-state index is 5.22. The van der Waals surface area contributed by atoms with Crippen molar-refractivity contribution in [3.05, 3.63) is 29.6 Å². The molecule has 1 rings (SSSR count). The molecule has 0 spiro atoms. The Bertz CT molecular complexity index is 253. The lowest BCUT2D eigenvalue weighted by Gasteiger charge is -2.03. The van der Waals surface area contributed by atoms with Crippen LogP contribution in [-0.4, -0.2) is 11.6 Å². The van der Waals surface area contributed by atoms with Gasteiger partial charge in [-0.05, 0) is 19.1 Å². The quantitative estimate of drug-likeness (QED) is 0.690. The Morgan fingerprint density at radius 2 is 2.00 bits per heavy atom. The number of ether oxygens (including phenoxy) is 1. The second-order valence-electron chi connectivity index (χ2n) is 2.57. The Balaban J connectivity index is 2.56. The van der Waals surface area contributed by atoms with Gasteiger partial charge in [0.1, 0.15) is 6.61 Å². The van der Waals surface area contributed by atoms with Crippen molar-refractivity contribution in [1.29, 1.82) is 0 Å². The highest BCUT2D eigenvalue weighted by Gasteiger charge is 1.97. The molecule has 0 radical (unpaired) electrons. The minimum Gasteiger partial charge on any atom is -0.375 e. The number of hydrogen-bond donors (Lipinski definition) is 1. The molecule has 0 aliphatic heterocycles. The molecule has 0 saturated heterocycles. The normalized spacial score (nSPS) is 10.3. The minimum atomic E-state index is 0.333. The first-order chi connectivity index (χ1) is 6.36. The van der Waals surface area contributed by atoms with Gasteiger partial charge in [-0.3, -0.25) is 9.82 Å². The number of pyridine rings is 1. The number of nitrogens with two attached hydrogens (primary N) is 1. The van der Waals surface area contributed by atoms with Crippen LogP contribution in [0.1, 0.15) is 18.3 Å². The lowest BCUT2D eigenvalue weighted by molar-refractivity contribution is 0.118. The molecule has 4 heteroatoms. The van der Waals surface area contributed by atoms with Gasteiger partial charge < -0.3 is 4.74 Å². The molecule has 0 aliphatic carbocycles. The van der Waals surface area contributed by atoms with Crippen LogP contribution in [0.5, 0.6) is 0 Å². The zero-order valence-electron chi connectivity index (χ0n) is 7.69. The van der Waals surface area contributed by atoms with Crippen molar-refractivity contribution < 1.29 is 9.57 Å². The minimum absolute atomic E-state index is 0.333. The van der Waals surface area contributed by atoms with Gasteiger partial charge in [0.05, 0.1) is 18.0 Å². The van der Waals surface area contributed by atoms with Crippen LogP contribution in [0.25, 0.3) is 0 Å². The summed E-state index contributed by atoms with van der Waals surface area (Å²) in [5.41, 5.74) is 1.72.